The van der Waals surface area contributed by atoms with Crippen LogP contribution in [0.2, 0.25) is 0 Å². The van der Waals surface area contributed by atoms with Crippen molar-refractivity contribution in [2.24, 2.45) is 0 Å². The predicted octanol–water partition coefficient (Wildman–Crippen LogP) is 3.25. The lowest BCUT2D eigenvalue weighted by Gasteiger charge is -2.30. The first kappa shape index (κ1) is 15.9. The molecule has 2 nitrogen and oxygen atoms in total. The molecule has 1 aliphatic heterocycles. The molecule has 1 fully saturated rings. The molecule has 0 amide bonds. The van der Waals surface area contributed by atoms with Crippen LogP contribution in [0.25, 0.3) is 0 Å². The van der Waals surface area contributed by atoms with Crippen molar-refractivity contribution in [2.45, 2.75) is 44.8 Å². The molecule has 2 atom stereocenters. The molecule has 0 spiro atoms. The Labute approximate surface area is 127 Å². The van der Waals surface area contributed by atoms with Crippen LogP contribution in [0, 0.1) is 0 Å². The molecule has 0 bridgehead atoms. The van der Waals surface area contributed by atoms with E-state index in [0.29, 0.717) is 12.1 Å². The van der Waals surface area contributed by atoms with E-state index in [1.807, 2.05) is 18.8 Å². The first-order chi connectivity index (χ1) is 9.50. The Balaban J connectivity index is 2.00. The van der Waals surface area contributed by atoms with E-state index >= 15 is 0 Å². The Morgan fingerprint density at radius 3 is 2.50 bits per heavy atom. The van der Waals surface area contributed by atoms with E-state index in [2.05, 4.69) is 50.4 Å². The van der Waals surface area contributed by atoms with Gasteiger partial charge >= 0.3 is 0 Å². The Kier molecular flexibility index (Phi) is 5.53. The minimum Gasteiger partial charge on any atom is -0.375 e. The highest BCUT2D eigenvalue weighted by atomic mass is 32.2. The first-order valence-electron chi connectivity index (χ1n) is 7.47. The molecule has 1 heterocycles. The normalized spacial score (nSPS) is 21.7. The van der Waals surface area contributed by atoms with E-state index in [-0.39, 0.29) is 5.41 Å². The fourth-order valence-electron chi connectivity index (χ4n) is 2.55. The molecule has 20 heavy (non-hydrogen) atoms. The summed E-state index contributed by atoms with van der Waals surface area (Å²) in [6.07, 6.45) is 1.37. The van der Waals surface area contributed by atoms with E-state index in [0.717, 1.165) is 24.5 Å². The van der Waals surface area contributed by atoms with Gasteiger partial charge in [0.05, 0.1) is 12.7 Å². The molecule has 1 aromatic carbocycles. The Hall–Kier alpha value is -0.510. The average molecular weight is 293 g/mol. The summed E-state index contributed by atoms with van der Waals surface area (Å²) in [4.78, 5) is 0. The summed E-state index contributed by atoms with van der Waals surface area (Å²) in [7, 11) is 2.04. The quantitative estimate of drug-likeness (QED) is 0.921. The van der Waals surface area contributed by atoms with Gasteiger partial charge in [0.1, 0.15) is 0 Å². The topological polar surface area (TPSA) is 21.3 Å². The number of ether oxygens (including phenoxy) is 1. The number of hydrogen-bond donors (Lipinski definition) is 1. The number of rotatable bonds is 4. The largest absolute Gasteiger partial charge is 0.375 e. The van der Waals surface area contributed by atoms with Gasteiger partial charge in [0.2, 0.25) is 0 Å². The number of likely N-dealkylation sites (N-methyl/N-ethyl adjacent to an activating group) is 1. The third-order valence-electron chi connectivity index (χ3n) is 3.94. The summed E-state index contributed by atoms with van der Waals surface area (Å²) in [5.74, 6) is 2.23. The van der Waals surface area contributed by atoms with Gasteiger partial charge in [-0.05, 0) is 30.0 Å². The zero-order valence-electron chi connectivity index (χ0n) is 13.1. The standard InChI is InChI=1S/C17H27NOS/c1-17(2,3)14-7-5-13(6-8-14)11-15(18-4)16-12-20-10-9-19-16/h5-8,15-16,18H,9-12H2,1-4H3. The molecular weight excluding hydrogens is 266 g/mol. The Morgan fingerprint density at radius 1 is 1.30 bits per heavy atom. The zero-order chi connectivity index (χ0) is 14.6. The van der Waals surface area contributed by atoms with E-state index in [9.17, 15) is 0 Å². The van der Waals surface area contributed by atoms with Crippen molar-refractivity contribution in [3.05, 3.63) is 35.4 Å². The number of nitrogens with one attached hydrogen (secondary N) is 1. The first-order valence-corrected chi connectivity index (χ1v) is 8.62. The van der Waals surface area contributed by atoms with Crippen molar-refractivity contribution in [2.75, 3.05) is 25.2 Å². The van der Waals surface area contributed by atoms with Crippen LogP contribution in [-0.2, 0) is 16.6 Å². The molecule has 2 rings (SSSR count). The van der Waals surface area contributed by atoms with Crippen LogP contribution in [0.4, 0.5) is 0 Å². The maximum Gasteiger partial charge on any atom is 0.0821 e. The average Bonchev–Trinajstić information content (AvgIpc) is 2.45. The third kappa shape index (κ3) is 4.24. The number of thioether (sulfide) groups is 1. The van der Waals surface area contributed by atoms with Crippen molar-refractivity contribution in [1.82, 2.24) is 5.32 Å². The van der Waals surface area contributed by atoms with Crippen molar-refractivity contribution in [1.29, 1.82) is 0 Å². The van der Waals surface area contributed by atoms with Gasteiger partial charge in [0.15, 0.2) is 0 Å². The van der Waals surface area contributed by atoms with Crippen LogP contribution < -0.4 is 5.32 Å². The van der Waals surface area contributed by atoms with E-state index < -0.39 is 0 Å². The maximum atomic E-state index is 5.90. The van der Waals surface area contributed by atoms with Crippen LogP contribution in [0.15, 0.2) is 24.3 Å². The Bertz CT molecular complexity index is 404. The lowest BCUT2D eigenvalue weighted by molar-refractivity contribution is 0.0492. The minimum atomic E-state index is 0.226. The lowest BCUT2D eigenvalue weighted by atomic mass is 9.86. The SMILES string of the molecule is CNC(Cc1ccc(C(C)(C)C)cc1)C1CSCCO1. The van der Waals surface area contributed by atoms with Crippen LogP contribution in [0.1, 0.15) is 31.9 Å². The molecule has 112 valence electrons. The fraction of sp³-hybridized carbons (Fsp3) is 0.647. The molecule has 2 unspecified atom stereocenters. The highest BCUT2D eigenvalue weighted by molar-refractivity contribution is 7.99. The van der Waals surface area contributed by atoms with Crippen molar-refractivity contribution in [3.8, 4) is 0 Å². The van der Waals surface area contributed by atoms with Gasteiger partial charge < -0.3 is 10.1 Å². The second-order valence-corrected chi connectivity index (χ2v) is 7.68. The smallest absolute Gasteiger partial charge is 0.0821 e. The second-order valence-electron chi connectivity index (χ2n) is 6.53. The molecule has 0 radical (unpaired) electrons. The van der Waals surface area contributed by atoms with Gasteiger partial charge in [-0.3, -0.25) is 0 Å². The summed E-state index contributed by atoms with van der Waals surface area (Å²) in [6, 6.07) is 9.46. The minimum absolute atomic E-state index is 0.226. The molecule has 1 saturated heterocycles. The zero-order valence-corrected chi connectivity index (χ0v) is 13.9. The number of benzene rings is 1. The van der Waals surface area contributed by atoms with E-state index in [1.54, 1.807) is 0 Å². The maximum absolute atomic E-state index is 5.90. The molecular formula is C17H27NOS. The molecule has 1 aliphatic rings. The fourth-order valence-corrected chi connectivity index (χ4v) is 3.49. The number of hydrogen-bond acceptors (Lipinski definition) is 3. The van der Waals surface area contributed by atoms with Crippen molar-refractivity contribution in [3.63, 3.8) is 0 Å². The summed E-state index contributed by atoms with van der Waals surface area (Å²) >= 11 is 2.00. The predicted molar refractivity (Wildman–Crippen MR) is 88.8 cm³/mol. The van der Waals surface area contributed by atoms with Gasteiger partial charge in [-0.15, -0.1) is 0 Å². The van der Waals surface area contributed by atoms with E-state index in [1.165, 1.54) is 11.1 Å². The summed E-state index contributed by atoms with van der Waals surface area (Å²) < 4.78 is 5.90. The van der Waals surface area contributed by atoms with Gasteiger partial charge in [-0.2, -0.15) is 11.8 Å². The molecule has 0 aromatic heterocycles. The lowest BCUT2D eigenvalue weighted by Crippen LogP contribution is -2.44. The highest BCUT2D eigenvalue weighted by Crippen LogP contribution is 2.23. The second kappa shape index (κ2) is 6.97. The van der Waals surface area contributed by atoms with Gasteiger partial charge in [0, 0.05) is 17.5 Å². The monoisotopic (exact) mass is 293 g/mol. The molecule has 0 saturated carbocycles. The van der Waals surface area contributed by atoms with Crippen molar-refractivity contribution >= 4 is 11.8 Å². The summed E-state index contributed by atoms with van der Waals surface area (Å²) in [5, 5.41) is 3.43. The van der Waals surface area contributed by atoms with Gasteiger partial charge in [0.25, 0.3) is 0 Å². The highest BCUT2D eigenvalue weighted by Gasteiger charge is 2.24. The van der Waals surface area contributed by atoms with Crippen LogP contribution in [0.3, 0.4) is 0 Å². The molecule has 1 N–H and O–H groups in total. The van der Waals surface area contributed by atoms with Crippen molar-refractivity contribution < 1.29 is 4.74 Å². The summed E-state index contributed by atoms with van der Waals surface area (Å²) in [6.45, 7) is 7.65. The van der Waals surface area contributed by atoms with Gasteiger partial charge in [-0.25, -0.2) is 0 Å². The third-order valence-corrected chi connectivity index (χ3v) is 4.96. The Morgan fingerprint density at radius 2 is 2.00 bits per heavy atom. The molecule has 0 aliphatic carbocycles. The molecule has 1 aromatic rings. The summed E-state index contributed by atoms with van der Waals surface area (Å²) in [5.41, 5.74) is 3.01. The van der Waals surface area contributed by atoms with E-state index in [4.69, 9.17) is 4.74 Å². The van der Waals surface area contributed by atoms with Crippen LogP contribution in [0.5, 0.6) is 0 Å². The van der Waals surface area contributed by atoms with Crippen LogP contribution in [-0.4, -0.2) is 37.3 Å². The van der Waals surface area contributed by atoms with Gasteiger partial charge in [-0.1, -0.05) is 45.0 Å². The molecule has 3 heteroatoms. The van der Waals surface area contributed by atoms with Crippen LogP contribution >= 0.6 is 11.8 Å².